The van der Waals surface area contributed by atoms with Crippen LogP contribution in [0.5, 0.6) is 5.75 Å². The van der Waals surface area contributed by atoms with E-state index in [9.17, 15) is 19.5 Å². The highest BCUT2D eigenvalue weighted by molar-refractivity contribution is 7.22. The van der Waals surface area contributed by atoms with E-state index in [2.05, 4.69) is 6.92 Å². The molecule has 2 heterocycles. The summed E-state index contributed by atoms with van der Waals surface area (Å²) in [6, 6.07) is 16.3. The minimum absolute atomic E-state index is 0.0707. The van der Waals surface area contributed by atoms with E-state index in [0.29, 0.717) is 34.2 Å². The number of ether oxygens (including phenoxy) is 2. The van der Waals surface area contributed by atoms with Gasteiger partial charge in [0.05, 0.1) is 41.1 Å². The minimum atomic E-state index is -0.978. The molecule has 1 aliphatic heterocycles. The van der Waals surface area contributed by atoms with Crippen LogP contribution in [0.25, 0.3) is 16.0 Å². The third kappa shape index (κ3) is 5.32. The number of carbonyl (C=O) groups excluding carboxylic acids is 3. The lowest BCUT2D eigenvalue weighted by Crippen LogP contribution is -2.29. The lowest BCUT2D eigenvalue weighted by molar-refractivity contribution is -0.132. The van der Waals surface area contributed by atoms with Crippen LogP contribution in [0.15, 0.2) is 66.2 Å². The summed E-state index contributed by atoms with van der Waals surface area (Å²) in [5.41, 5.74) is 3.88. The number of methoxy groups -OCH3 is 1. The number of fused-ring (bicyclic) bond motifs is 1. The number of thiazole rings is 1. The maximum absolute atomic E-state index is 13.6. The first-order valence-electron chi connectivity index (χ1n) is 13.3. The number of nitrogens with zero attached hydrogens (tertiary/aromatic N) is 2. The number of amides is 1. The van der Waals surface area contributed by atoms with Gasteiger partial charge in [-0.3, -0.25) is 14.5 Å². The quantitative estimate of drug-likeness (QED) is 0.0847. The molecule has 9 heteroatoms. The standard InChI is InChI=1S/C32H30N2O6S/c1-5-6-14-40-23-9-7-8-22(17-23)28(35)25-27(20-10-12-21(13-11-20)31(38)39-4)34(30(37)29(25)36)32-33-26-19(3)15-18(2)16-24(26)41-32/h7-13,15-17,27,35H,5-6,14H2,1-4H3. The number of aromatic nitrogens is 1. The van der Waals surface area contributed by atoms with Crippen LogP contribution in [0, 0.1) is 13.8 Å². The molecule has 0 saturated carbocycles. The fourth-order valence-corrected chi connectivity index (χ4v) is 6.12. The van der Waals surface area contributed by atoms with Gasteiger partial charge in [-0.1, -0.05) is 55.0 Å². The molecule has 4 aromatic rings. The number of carbonyl (C=O) groups is 3. The van der Waals surface area contributed by atoms with Crippen LogP contribution in [-0.4, -0.2) is 41.5 Å². The summed E-state index contributed by atoms with van der Waals surface area (Å²) < 4.78 is 11.5. The monoisotopic (exact) mass is 570 g/mol. The Morgan fingerprint density at radius 1 is 1.05 bits per heavy atom. The molecule has 1 unspecified atom stereocenters. The second-order valence-electron chi connectivity index (χ2n) is 9.94. The Balaban J connectivity index is 1.66. The number of rotatable bonds is 8. The zero-order valence-corrected chi connectivity index (χ0v) is 24.1. The normalized spacial score (nSPS) is 16.4. The summed E-state index contributed by atoms with van der Waals surface area (Å²) in [7, 11) is 1.29. The van der Waals surface area contributed by atoms with E-state index in [0.717, 1.165) is 34.2 Å². The number of anilines is 1. The zero-order chi connectivity index (χ0) is 29.3. The van der Waals surface area contributed by atoms with Crippen LogP contribution in [0.2, 0.25) is 0 Å². The van der Waals surface area contributed by atoms with Crippen molar-refractivity contribution in [3.05, 3.63) is 94.1 Å². The molecule has 210 valence electrons. The van der Waals surface area contributed by atoms with Crippen molar-refractivity contribution in [2.24, 2.45) is 0 Å². The van der Waals surface area contributed by atoms with Gasteiger partial charge in [0.1, 0.15) is 11.5 Å². The van der Waals surface area contributed by atoms with Crippen molar-refractivity contribution in [2.45, 2.75) is 39.7 Å². The zero-order valence-electron chi connectivity index (χ0n) is 23.3. The molecule has 5 rings (SSSR count). The largest absolute Gasteiger partial charge is 0.507 e. The first-order valence-corrected chi connectivity index (χ1v) is 14.2. The van der Waals surface area contributed by atoms with Gasteiger partial charge >= 0.3 is 11.9 Å². The summed E-state index contributed by atoms with van der Waals surface area (Å²) in [4.78, 5) is 45.4. The summed E-state index contributed by atoms with van der Waals surface area (Å²) in [5.74, 6) is -1.90. The van der Waals surface area contributed by atoms with Gasteiger partial charge in [-0.05, 0) is 67.3 Å². The Morgan fingerprint density at radius 3 is 2.51 bits per heavy atom. The van der Waals surface area contributed by atoms with Crippen LogP contribution < -0.4 is 9.64 Å². The first kappa shape index (κ1) is 28.0. The van der Waals surface area contributed by atoms with Gasteiger partial charge in [0.25, 0.3) is 5.78 Å². The van der Waals surface area contributed by atoms with Gasteiger partial charge in [-0.2, -0.15) is 0 Å². The van der Waals surface area contributed by atoms with Crippen molar-refractivity contribution in [3.63, 3.8) is 0 Å². The third-order valence-corrected chi connectivity index (χ3v) is 7.99. The molecule has 3 aromatic carbocycles. The maximum atomic E-state index is 13.6. The maximum Gasteiger partial charge on any atom is 0.337 e. The number of ketones is 1. The molecule has 1 atom stereocenters. The molecule has 8 nitrogen and oxygen atoms in total. The highest BCUT2D eigenvalue weighted by Gasteiger charge is 2.48. The summed E-state index contributed by atoms with van der Waals surface area (Å²) in [6.45, 7) is 6.52. The smallest absolute Gasteiger partial charge is 0.337 e. The van der Waals surface area contributed by atoms with Gasteiger partial charge in [0, 0.05) is 5.56 Å². The van der Waals surface area contributed by atoms with Crippen LogP contribution in [0.4, 0.5) is 5.13 Å². The number of aliphatic hydroxyl groups is 1. The Hall–Kier alpha value is -4.50. The Bertz CT molecular complexity index is 1690. The van der Waals surface area contributed by atoms with Crippen molar-refractivity contribution in [1.82, 2.24) is 4.98 Å². The predicted molar refractivity (Wildman–Crippen MR) is 159 cm³/mol. The van der Waals surface area contributed by atoms with E-state index in [1.54, 1.807) is 48.5 Å². The second kappa shape index (κ2) is 11.5. The average molecular weight is 571 g/mol. The lowest BCUT2D eigenvalue weighted by atomic mass is 9.94. The topological polar surface area (TPSA) is 106 Å². The first-order chi connectivity index (χ1) is 19.7. The van der Waals surface area contributed by atoms with Crippen molar-refractivity contribution < 1.29 is 29.0 Å². The SMILES string of the molecule is CCCCOc1cccc(C(O)=C2C(=O)C(=O)N(c3nc4c(C)cc(C)cc4s3)C2c2ccc(C(=O)OC)cc2)c1. The van der Waals surface area contributed by atoms with Gasteiger partial charge < -0.3 is 14.6 Å². The van der Waals surface area contributed by atoms with E-state index in [1.807, 2.05) is 26.0 Å². The molecule has 1 saturated heterocycles. The minimum Gasteiger partial charge on any atom is -0.507 e. The fourth-order valence-electron chi connectivity index (χ4n) is 4.95. The number of aliphatic hydroxyl groups excluding tert-OH is 1. The van der Waals surface area contributed by atoms with Crippen molar-refractivity contribution >= 4 is 50.1 Å². The number of esters is 1. The number of unbranched alkanes of at least 4 members (excludes halogenated alkanes) is 1. The van der Waals surface area contributed by atoms with E-state index in [1.165, 1.54) is 23.3 Å². The van der Waals surface area contributed by atoms with E-state index in [-0.39, 0.29) is 11.3 Å². The molecule has 0 spiro atoms. The molecule has 1 aromatic heterocycles. The van der Waals surface area contributed by atoms with Crippen LogP contribution in [0.1, 0.15) is 58.4 Å². The Labute approximate surface area is 241 Å². The number of aryl methyl sites for hydroxylation is 2. The van der Waals surface area contributed by atoms with E-state index < -0.39 is 23.7 Å². The Morgan fingerprint density at radius 2 is 1.80 bits per heavy atom. The Kier molecular flexibility index (Phi) is 7.90. The van der Waals surface area contributed by atoms with E-state index in [4.69, 9.17) is 14.5 Å². The molecule has 1 amide bonds. The van der Waals surface area contributed by atoms with Crippen molar-refractivity contribution in [3.8, 4) is 5.75 Å². The summed E-state index contributed by atoms with van der Waals surface area (Å²) in [5, 5.41) is 11.9. The lowest BCUT2D eigenvalue weighted by Gasteiger charge is -2.23. The fraction of sp³-hybridized carbons (Fsp3) is 0.250. The molecule has 0 bridgehead atoms. The van der Waals surface area contributed by atoms with Gasteiger partial charge in [0.2, 0.25) is 0 Å². The molecule has 1 aliphatic rings. The van der Waals surface area contributed by atoms with Gasteiger partial charge in [-0.25, -0.2) is 9.78 Å². The second-order valence-corrected chi connectivity index (χ2v) is 10.9. The molecular formula is C32H30N2O6S. The van der Waals surface area contributed by atoms with Crippen LogP contribution in [-0.2, 0) is 14.3 Å². The van der Waals surface area contributed by atoms with Gasteiger partial charge in [-0.15, -0.1) is 0 Å². The highest BCUT2D eigenvalue weighted by atomic mass is 32.1. The van der Waals surface area contributed by atoms with Crippen molar-refractivity contribution in [1.29, 1.82) is 0 Å². The van der Waals surface area contributed by atoms with Gasteiger partial charge in [0.15, 0.2) is 5.13 Å². The number of benzene rings is 3. The molecule has 1 N–H and O–H groups in total. The van der Waals surface area contributed by atoms with E-state index >= 15 is 0 Å². The third-order valence-electron chi connectivity index (χ3n) is 6.99. The summed E-state index contributed by atoms with van der Waals surface area (Å²) >= 11 is 1.31. The number of Topliss-reactive ketones (excluding diaryl/α,β-unsaturated/α-hetero) is 1. The number of hydrogen-bond acceptors (Lipinski definition) is 8. The molecule has 1 fully saturated rings. The van der Waals surface area contributed by atoms with Crippen LogP contribution in [0.3, 0.4) is 0 Å². The van der Waals surface area contributed by atoms with Crippen LogP contribution >= 0.6 is 11.3 Å². The molecule has 0 aliphatic carbocycles. The predicted octanol–water partition coefficient (Wildman–Crippen LogP) is 6.50. The molecule has 41 heavy (non-hydrogen) atoms. The molecule has 0 radical (unpaired) electrons. The average Bonchev–Trinajstić information content (AvgIpc) is 3.51. The molecular weight excluding hydrogens is 540 g/mol. The number of hydrogen-bond donors (Lipinski definition) is 1. The van der Waals surface area contributed by atoms with Crippen molar-refractivity contribution in [2.75, 3.05) is 18.6 Å². The highest BCUT2D eigenvalue weighted by Crippen LogP contribution is 2.45. The summed E-state index contributed by atoms with van der Waals surface area (Å²) in [6.07, 6.45) is 1.85.